The first-order valence-electron chi connectivity index (χ1n) is 6.21. The largest absolute Gasteiger partial charge is 0.353 e. The first-order valence-corrected chi connectivity index (χ1v) is 6.21. The Morgan fingerprint density at radius 2 is 2.00 bits per heavy atom. The Morgan fingerprint density at radius 3 is 2.53 bits per heavy atom. The maximum atomic E-state index is 12.0. The molecular formula is C14H22N2O. The van der Waals surface area contributed by atoms with Gasteiger partial charge in [-0.25, -0.2) is 0 Å². The molecule has 0 aliphatic rings. The van der Waals surface area contributed by atoms with Crippen molar-refractivity contribution in [3.63, 3.8) is 0 Å². The van der Waals surface area contributed by atoms with E-state index in [1.165, 1.54) is 0 Å². The summed E-state index contributed by atoms with van der Waals surface area (Å²) < 4.78 is 0. The van der Waals surface area contributed by atoms with Crippen LogP contribution in [-0.4, -0.2) is 18.5 Å². The number of carbonyl (C=O) groups excluding carboxylic acids is 1. The van der Waals surface area contributed by atoms with Gasteiger partial charge in [0, 0.05) is 12.6 Å². The zero-order valence-electron chi connectivity index (χ0n) is 10.6. The molecule has 1 aromatic carbocycles. The lowest BCUT2D eigenvalue weighted by Crippen LogP contribution is -2.40. The van der Waals surface area contributed by atoms with Crippen LogP contribution in [0.1, 0.15) is 25.8 Å². The predicted molar refractivity (Wildman–Crippen MR) is 70.6 cm³/mol. The van der Waals surface area contributed by atoms with Crippen LogP contribution < -0.4 is 11.1 Å². The van der Waals surface area contributed by atoms with Gasteiger partial charge in [-0.1, -0.05) is 37.3 Å². The number of amides is 1. The van der Waals surface area contributed by atoms with E-state index < -0.39 is 0 Å². The number of benzene rings is 1. The molecule has 3 N–H and O–H groups in total. The van der Waals surface area contributed by atoms with E-state index in [9.17, 15) is 4.79 Å². The Balaban J connectivity index is 2.56. The molecule has 3 heteroatoms. The van der Waals surface area contributed by atoms with Crippen molar-refractivity contribution in [2.75, 3.05) is 6.54 Å². The molecule has 0 fully saturated rings. The summed E-state index contributed by atoms with van der Waals surface area (Å²) in [5.74, 6) is -0.0721. The van der Waals surface area contributed by atoms with E-state index in [1.807, 2.05) is 37.3 Å². The molecular weight excluding hydrogens is 212 g/mol. The molecule has 1 aromatic rings. The minimum atomic E-state index is -0.133. The Morgan fingerprint density at radius 1 is 1.35 bits per heavy atom. The van der Waals surface area contributed by atoms with Gasteiger partial charge in [0.05, 0.1) is 5.92 Å². The van der Waals surface area contributed by atoms with Crippen molar-refractivity contribution in [1.29, 1.82) is 0 Å². The molecule has 1 rings (SSSR count). The van der Waals surface area contributed by atoms with Crippen molar-refractivity contribution < 1.29 is 4.79 Å². The highest BCUT2D eigenvalue weighted by atomic mass is 16.1. The highest BCUT2D eigenvalue weighted by molar-refractivity contribution is 5.79. The lowest BCUT2D eigenvalue weighted by atomic mass is 9.98. The first-order chi connectivity index (χ1) is 8.17. The zero-order valence-corrected chi connectivity index (χ0v) is 10.6. The minimum Gasteiger partial charge on any atom is -0.353 e. The second kappa shape index (κ2) is 7.07. The molecule has 0 bridgehead atoms. The van der Waals surface area contributed by atoms with E-state index in [2.05, 4.69) is 12.2 Å². The number of rotatable bonds is 6. The average molecular weight is 234 g/mol. The molecule has 0 spiro atoms. The second-order valence-electron chi connectivity index (χ2n) is 4.44. The van der Waals surface area contributed by atoms with Crippen LogP contribution in [0.3, 0.4) is 0 Å². The maximum absolute atomic E-state index is 12.0. The number of nitrogens with two attached hydrogens (primary N) is 1. The van der Waals surface area contributed by atoms with Crippen LogP contribution in [0, 0.1) is 5.92 Å². The molecule has 0 aliphatic carbocycles. The number of hydrogen-bond acceptors (Lipinski definition) is 2. The van der Waals surface area contributed by atoms with Crippen LogP contribution >= 0.6 is 0 Å². The summed E-state index contributed by atoms with van der Waals surface area (Å²) in [6, 6.07) is 10.2. The van der Waals surface area contributed by atoms with Crippen LogP contribution in [-0.2, 0) is 11.2 Å². The maximum Gasteiger partial charge on any atom is 0.224 e. The van der Waals surface area contributed by atoms with Gasteiger partial charge < -0.3 is 11.1 Å². The van der Waals surface area contributed by atoms with E-state index in [0.29, 0.717) is 13.0 Å². The quantitative estimate of drug-likeness (QED) is 0.787. The molecule has 0 heterocycles. The van der Waals surface area contributed by atoms with Gasteiger partial charge in [-0.15, -0.1) is 0 Å². The minimum absolute atomic E-state index is 0.0608. The Hall–Kier alpha value is -1.35. The van der Waals surface area contributed by atoms with Crippen molar-refractivity contribution in [1.82, 2.24) is 5.32 Å². The normalized spacial score (nSPS) is 14.1. The van der Waals surface area contributed by atoms with E-state index >= 15 is 0 Å². The molecule has 2 unspecified atom stereocenters. The van der Waals surface area contributed by atoms with E-state index in [0.717, 1.165) is 12.0 Å². The summed E-state index contributed by atoms with van der Waals surface area (Å²) in [7, 11) is 0. The number of hydrogen-bond donors (Lipinski definition) is 2. The highest BCUT2D eigenvalue weighted by Crippen LogP contribution is 2.08. The summed E-state index contributed by atoms with van der Waals surface area (Å²) in [6.07, 6.45) is 1.65. The van der Waals surface area contributed by atoms with E-state index in [-0.39, 0.29) is 17.9 Å². The van der Waals surface area contributed by atoms with Crippen molar-refractivity contribution in [3.8, 4) is 0 Å². The van der Waals surface area contributed by atoms with Gasteiger partial charge >= 0.3 is 0 Å². The predicted octanol–water partition coefficient (Wildman–Crippen LogP) is 1.72. The monoisotopic (exact) mass is 234 g/mol. The Kier molecular flexibility index (Phi) is 5.70. The molecule has 3 nitrogen and oxygen atoms in total. The second-order valence-corrected chi connectivity index (χ2v) is 4.44. The summed E-state index contributed by atoms with van der Waals surface area (Å²) in [5.41, 5.74) is 6.83. The molecule has 0 saturated carbocycles. The molecule has 17 heavy (non-hydrogen) atoms. The summed E-state index contributed by atoms with van der Waals surface area (Å²) in [5, 5.41) is 2.98. The lowest BCUT2D eigenvalue weighted by molar-refractivity contribution is -0.125. The van der Waals surface area contributed by atoms with Crippen molar-refractivity contribution in [2.24, 2.45) is 11.7 Å². The van der Waals surface area contributed by atoms with Gasteiger partial charge in [-0.2, -0.15) is 0 Å². The van der Waals surface area contributed by atoms with E-state index in [4.69, 9.17) is 5.73 Å². The van der Waals surface area contributed by atoms with Crippen LogP contribution in [0.2, 0.25) is 0 Å². The number of nitrogens with one attached hydrogen (secondary N) is 1. The van der Waals surface area contributed by atoms with Gasteiger partial charge in [0.25, 0.3) is 0 Å². The fourth-order valence-corrected chi connectivity index (χ4v) is 1.64. The molecule has 2 atom stereocenters. The summed E-state index contributed by atoms with van der Waals surface area (Å²) >= 11 is 0. The average Bonchev–Trinajstić information content (AvgIpc) is 2.36. The Bertz CT molecular complexity index is 337. The molecule has 0 aliphatic heterocycles. The summed E-state index contributed by atoms with van der Waals surface area (Å²) in [6.45, 7) is 4.45. The van der Waals surface area contributed by atoms with Crippen molar-refractivity contribution in [2.45, 2.75) is 32.7 Å². The molecule has 94 valence electrons. The SMILES string of the molecule is CCC(C)NC(=O)C(CN)Cc1ccccc1. The molecule has 0 aromatic heterocycles. The Labute approximate surface area is 103 Å². The molecule has 1 amide bonds. The van der Waals surface area contributed by atoms with Gasteiger partial charge in [-0.3, -0.25) is 4.79 Å². The number of carbonyl (C=O) groups is 1. The van der Waals surface area contributed by atoms with Gasteiger partial charge in [-0.05, 0) is 25.3 Å². The van der Waals surface area contributed by atoms with Crippen molar-refractivity contribution in [3.05, 3.63) is 35.9 Å². The van der Waals surface area contributed by atoms with Crippen LogP contribution in [0.5, 0.6) is 0 Å². The molecule has 0 radical (unpaired) electrons. The van der Waals surface area contributed by atoms with Gasteiger partial charge in [0.1, 0.15) is 0 Å². The zero-order chi connectivity index (χ0) is 12.7. The topological polar surface area (TPSA) is 55.1 Å². The van der Waals surface area contributed by atoms with E-state index in [1.54, 1.807) is 0 Å². The fraction of sp³-hybridized carbons (Fsp3) is 0.500. The third kappa shape index (κ3) is 4.57. The lowest BCUT2D eigenvalue weighted by Gasteiger charge is -2.18. The third-order valence-corrected chi connectivity index (χ3v) is 2.98. The fourth-order valence-electron chi connectivity index (χ4n) is 1.64. The summed E-state index contributed by atoms with van der Waals surface area (Å²) in [4.78, 5) is 12.0. The van der Waals surface area contributed by atoms with Crippen LogP contribution in [0.25, 0.3) is 0 Å². The van der Waals surface area contributed by atoms with Gasteiger partial charge in [0.15, 0.2) is 0 Å². The van der Waals surface area contributed by atoms with Crippen LogP contribution in [0.4, 0.5) is 0 Å². The first kappa shape index (κ1) is 13.7. The smallest absolute Gasteiger partial charge is 0.224 e. The third-order valence-electron chi connectivity index (χ3n) is 2.98. The molecule has 0 saturated heterocycles. The van der Waals surface area contributed by atoms with Crippen LogP contribution in [0.15, 0.2) is 30.3 Å². The van der Waals surface area contributed by atoms with Gasteiger partial charge in [0.2, 0.25) is 5.91 Å². The van der Waals surface area contributed by atoms with Crippen molar-refractivity contribution >= 4 is 5.91 Å². The highest BCUT2D eigenvalue weighted by Gasteiger charge is 2.18. The standard InChI is InChI=1S/C14H22N2O/c1-3-11(2)16-14(17)13(10-15)9-12-7-5-4-6-8-12/h4-8,11,13H,3,9-10,15H2,1-2H3,(H,16,17).